The molecule has 2 rings (SSSR count). The van der Waals surface area contributed by atoms with Gasteiger partial charge in [0.15, 0.2) is 0 Å². The molecule has 1 aromatic carbocycles. The Morgan fingerprint density at radius 3 is 2.39 bits per heavy atom. The van der Waals surface area contributed by atoms with Crippen LogP contribution >= 0.6 is 0 Å². The summed E-state index contributed by atoms with van der Waals surface area (Å²) in [5.41, 5.74) is 1.64. The van der Waals surface area contributed by atoms with Gasteiger partial charge in [0.25, 0.3) is 0 Å². The first-order chi connectivity index (χ1) is 11.1. The summed E-state index contributed by atoms with van der Waals surface area (Å²) in [7, 11) is 0. The first kappa shape index (κ1) is 16.4. The van der Waals surface area contributed by atoms with Crippen LogP contribution in [0.1, 0.15) is 11.1 Å². The highest BCUT2D eigenvalue weighted by molar-refractivity contribution is 5.83. The van der Waals surface area contributed by atoms with Gasteiger partial charge in [0.05, 0.1) is 6.54 Å². The first-order valence-corrected chi connectivity index (χ1v) is 7.05. The number of nitrogens with zero attached hydrogens (tertiary/aromatic N) is 1. The Kier molecular flexibility index (Phi) is 6.05. The van der Waals surface area contributed by atoms with Crippen molar-refractivity contribution in [3.63, 3.8) is 0 Å². The van der Waals surface area contributed by atoms with Gasteiger partial charge in [-0.05, 0) is 29.3 Å². The number of carbonyl (C=O) groups is 2. The van der Waals surface area contributed by atoms with Crippen molar-refractivity contribution in [1.82, 2.24) is 20.9 Å². The largest absolute Gasteiger partial charge is 0.350 e. The lowest BCUT2D eigenvalue weighted by Gasteiger charge is -2.08. The fraction of sp³-hybridized carbons (Fsp3) is 0.188. The summed E-state index contributed by atoms with van der Waals surface area (Å²) >= 11 is 0. The molecule has 1 aromatic heterocycles. The van der Waals surface area contributed by atoms with Crippen molar-refractivity contribution in [3.8, 4) is 0 Å². The average Bonchev–Trinajstić information content (AvgIpc) is 2.58. The van der Waals surface area contributed by atoms with Crippen LogP contribution in [-0.2, 0) is 17.9 Å². The molecular formula is C16H17FN4O2. The smallest absolute Gasteiger partial charge is 0.315 e. The van der Waals surface area contributed by atoms with Crippen molar-refractivity contribution in [1.29, 1.82) is 0 Å². The molecule has 3 amide bonds. The zero-order valence-electron chi connectivity index (χ0n) is 12.4. The molecule has 7 heteroatoms. The molecule has 0 aliphatic heterocycles. The van der Waals surface area contributed by atoms with Crippen LogP contribution in [0.25, 0.3) is 0 Å². The lowest BCUT2D eigenvalue weighted by Crippen LogP contribution is -2.41. The van der Waals surface area contributed by atoms with Crippen LogP contribution in [-0.4, -0.2) is 23.5 Å². The van der Waals surface area contributed by atoms with E-state index < -0.39 is 6.03 Å². The van der Waals surface area contributed by atoms with E-state index in [1.807, 2.05) is 6.07 Å². The molecule has 0 aliphatic carbocycles. The van der Waals surface area contributed by atoms with Crippen LogP contribution in [0.15, 0.2) is 48.8 Å². The van der Waals surface area contributed by atoms with Gasteiger partial charge in [0.1, 0.15) is 5.82 Å². The standard InChI is InChI=1S/C16H17FN4O2/c17-14-5-3-12(4-6-14)9-20-16(23)21-11-15(22)19-10-13-2-1-7-18-8-13/h1-8H,9-11H2,(H,19,22)(H2,20,21,23). The van der Waals surface area contributed by atoms with E-state index in [9.17, 15) is 14.0 Å². The number of rotatable bonds is 6. The second kappa shape index (κ2) is 8.47. The van der Waals surface area contributed by atoms with E-state index in [1.54, 1.807) is 30.6 Å². The van der Waals surface area contributed by atoms with Crippen LogP contribution in [0.5, 0.6) is 0 Å². The number of urea groups is 1. The normalized spacial score (nSPS) is 9.96. The molecule has 0 radical (unpaired) electrons. The third-order valence-corrected chi connectivity index (χ3v) is 2.99. The fourth-order valence-electron chi connectivity index (χ4n) is 1.77. The third-order valence-electron chi connectivity index (χ3n) is 2.99. The first-order valence-electron chi connectivity index (χ1n) is 7.05. The van der Waals surface area contributed by atoms with Crippen LogP contribution in [0, 0.1) is 5.82 Å². The number of carbonyl (C=O) groups excluding carboxylic acids is 2. The maximum atomic E-state index is 12.7. The third kappa shape index (κ3) is 6.13. The lowest BCUT2D eigenvalue weighted by molar-refractivity contribution is -0.120. The molecule has 23 heavy (non-hydrogen) atoms. The highest BCUT2D eigenvalue weighted by Crippen LogP contribution is 2.01. The molecule has 0 atom stereocenters. The molecule has 2 aromatic rings. The van der Waals surface area contributed by atoms with Gasteiger partial charge in [0.2, 0.25) is 5.91 Å². The molecular weight excluding hydrogens is 299 g/mol. The quantitative estimate of drug-likeness (QED) is 0.752. The fourth-order valence-corrected chi connectivity index (χ4v) is 1.77. The van der Waals surface area contributed by atoms with Gasteiger partial charge >= 0.3 is 6.03 Å². The molecule has 0 saturated heterocycles. The SMILES string of the molecule is O=C(CNC(=O)NCc1ccc(F)cc1)NCc1cccnc1. The zero-order valence-corrected chi connectivity index (χ0v) is 12.4. The Morgan fingerprint density at radius 1 is 0.957 bits per heavy atom. The molecule has 0 unspecified atom stereocenters. The summed E-state index contributed by atoms with van der Waals surface area (Å²) in [4.78, 5) is 27.1. The highest BCUT2D eigenvalue weighted by Gasteiger charge is 2.05. The van der Waals surface area contributed by atoms with Crippen molar-refractivity contribution < 1.29 is 14.0 Å². The minimum Gasteiger partial charge on any atom is -0.350 e. The number of nitrogens with one attached hydrogen (secondary N) is 3. The number of amides is 3. The van der Waals surface area contributed by atoms with Crippen LogP contribution in [0.4, 0.5) is 9.18 Å². The summed E-state index contributed by atoms with van der Waals surface area (Å²) in [6.07, 6.45) is 3.31. The highest BCUT2D eigenvalue weighted by atomic mass is 19.1. The van der Waals surface area contributed by atoms with Gasteiger partial charge in [0, 0.05) is 25.5 Å². The van der Waals surface area contributed by atoms with Gasteiger partial charge in [-0.15, -0.1) is 0 Å². The molecule has 120 valence electrons. The van der Waals surface area contributed by atoms with E-state index in [4.69, 9.17) is 0 Å². The number of halogens is 1. The topological polar surface area (TPSA) is 83.1 Å². The number of hydrogen-bond acceptors (Lipinski definition) is 3. The average molecular weight is 316 g/mol. The Balaban J connectivity index is 1.63. The number of aromatic nitrogens is 1. The second-order valence-electron chi connectivity index (χ2n) is 4.80. The summed E-state index contributed by atoms with van der Waals surface area (Å²) < 4.78 is 12.7. The van der Waals surface area contributed by atoms with Crippen molar-refractivity contribution in [2.24, 2.45) is 0 Å². The number of benzene rings is 1. The van der Waals surface area contributed by atoms with Gasteiger partial charge in [-0.3, -0.25) is 9.78 Å². The minimum absolute atomic E-state index is 0.129. The van der Waals surface area contributed by atoms with Gasteiger partial charge in [-0.2, -0.15) is 0 Å². The van der Waals surface area contributed by atoms with Gasteiger partial charge in [-0.1, -0.05) is 18.2 Å². The molecule has 0 fully saturated rings. The van der Waals surface area contributed by atoms with E-state index in [0.717, 1.165) is 11.1 Å². The Labute approximate surface area is 133 Å². The molecule has 0 spiro atoms. The van der Waals surface area contributed by atoms with E-state index >= 15 is 0 Å². The summed E-state index contributed by atoms with van der Waals surface area (Å²) in [6, 6.07) is 8.96. The van der Waals surface area contributed by atoms with Crippen molar-refractivity contribution in [2.75, 3.05) is 6.54 Å². The number of hydrogen-bond donors (Lipinski definition) is 3. The summed E-state index contributed by atoms with van der Waals surface area (Å²) in [6.45, 7) is 0.477. The minimum atomic E-state index is -0.467. The van der Waals surface area contributed by atoms with Gasteiger partial charge < -0.3 is 16.0 Å². The maximum absolute atomic E-state index is 12.7. The number of pyridine rings is 1. The molecule has 0 saturated carbocycles. The van der Waals surface area contributed by atoms with Crippen molar-refractivity contribution >= 4 is 11.9 Å². The Hall–Kier alpha value is -2.96. The lowest BCUT2D eigenvalue weighted by atomic mass is 10.2. The summed E-state index contributed by atoms with van der Waals surface area (Å²) in [5.74, 6) is -0.630. The van der Waals surface area contributed by atoms with E-state index in [1.165, 1.54) is 12.1 Å². The Bertz CT molecular complexity index is 647. The van der Waals surface area contributed by atoms with Gasteiger partial charge in [-0.25, -0.2) is 9.18 Å². The van der Waals surface area contributed by atoms with E-state index in [-0.39, 0.29) is 24.8 Å². The van der Waals surface area contributed by atoms with Crippen molar-refractivity contribution in [3.05, 3.63) is 65.7 Å². The monoisotopic (exact) mass is 316 g/mol. The Morgan fingerprint density at radius 2 is 1.70 bits per heavy atom. The maximum Gasteiger partial charge on any atom is 0.315 e. The molecule has 6 nitrogen and oxygen atoms in total. The second-order valence-corrected chi connectivity index (χ2v) is 4.80. The van der Waals surface area contributed by atoms with E-state index in [0.29, 0.717) is 6.54 Å². The molecule has 0 bridgehead atoms. The molecule has 0 aliphatic rings. The predicted octanol–water partition coefficient (Wildman–Crippen LogP) is 1.34. The van der Waals surface area contributed by atoms with E-state index in [2.05, 4.69) is 20.9 Å². The van der Waals surface area contributed by atoms with Crippen molar-refractivity contribution in [2.45, 2.75) is 13.1 Å². The van der Waals surface area contributed by atoms with Crippen LogP contribution in [0.3, 0.4) is 0 Å². The van der Waals surface area contributed by atoms with Crippen LogP contribution in [0.2, 0.25) is 0 Å². The molecule has 1 heterocycles. The zero-order chi connectivity index (χ0) is 16.5. The molecule has 3 N–H and O–H groups in total. The van der Waals surface area contributed by atoms with Crippen LogP contribution < -0.4 is 16.0 Å². The summed E-state index contributed by atoms with van der Waals surface area (Å²) in [5, 5.41) is 7.70. The predicted molar refractivity (Wildman–Crippen MR) is 82.7 cm³/mol.